The Labute approximate surface area is 147 Å². The molecule has 2 aromatic rings. The summed E-state index contributed by atoms with van der Waals surface area (Å²) in [7, 11) is 0. The summed E-state index contributed by atoms with van der Waals surface area (Å²) >= 11 is 0. The van der Waals surface area contributed by atoms with Crippen molar-refractivity contribution < 1.29 is 14.0 Å². The van der Waals surface area contributed by atoms with Gasteiger partial charge in [-0.2, -0.15) is 0 Å². The molecular weight excluding hydrogens is 317 g/mol. The second-order valence-corrected chi connectivity index (χ2v) is 6.89. The zero-order valence-electron chi connectivity index (χ0n) is 14.5. The first-order valence-electron chi connectivity index (χ1n) is 8.57. The first kappa shape index (κ1) is 17.3. The number of hydrogen-bond acceptors (Lipinski definition) is 2. The third-order valence-corrected chi connectivity index (χ3v) is 4.90. The quantitative estimate of drug-likeness (QED) is 0.905. The van der Waals surface area contributed by atoms with Crippen LogP contribution in [0, 0.1) is 18.7 Å². The molecule has 1 aliphatic rings. The Bertz CT molecular complexity index is 767. The summed E-state index contributed by atoms with van der Waals surface area (Å²) in [6.07, 6.45) is 0.422. The van der Waals surface area contributed by atoms with Gasteiger partial charge >= 0.3 is 0 Å². The summed E-state index contributed by atoms with van der Waals surface area (Å²) < 4.78 is 13.0. The van der Waals surface area contributed by atoms with Crippen LogP contribution in [-0.4, -0.2) is 17.7 Å². The molecule has 1 aliphatic heterocycles. The summed E-state index contributed by atoms with van der Waals surface area (Å²) in [6, 6.07) is 14.1. The molecule has 0 unspecified atom stereocenters. The average Bonchev–Trinajstić information content (AvgIpc) is 2.84. The van der Waals surface area contributed by atoms with Crippen LogP contribution < -0.4 is 5.32 Å². The van der Waals surface area contributed by atoms with Crippen molar-refractivity contribution in [2.75, 3.05) is 0 Å². The Balaban J connectivity index is 1.74. The molecule has 2 aromatic carbocycles. The van der Waals surface area contributed by atoms with Gasteiger partial charge in [0.15, 0.2) is 0 Å². The van der Waals surface area contributed by atoms with Gasteiger partial charge in [0.05, 0.1) is 5.92 Å². The van der Waals surface area contributed by atoms with Crippen LogP contribution in [0.5, 0.6) is 0 Å². The van der Waals surface area contributed by atoms with E-state index >= 15 is 0 Å². The fraction of sp³-hybridized carbons (Fsp3) is 0.333. The SMILES string of the molecule is Cc1ccc([C@H]2[C@@H](C)NC(=O)[C@@H]2CC(=O)Cc2ccc(F)cc2)cc1. The highest BCUT2D eigenvalue weighted by Crippen LogP contribution is 2.36. The number of carbonyl (C=O) groups is 2. The van der Waals surface area contributed by atoms with Crippen molar-refractivity contribution in [3.63, 3.8) is 0 Å². The van der Waals surface area contributed by atoms with Crippen molar-refractivity contribution in [3.05, 3.63) is 71.0 Å². The molecule has 1 heterocycles. The smallest absolute Gasteiger partial charge is 0.224 e. The third-order valence-electron chi connectivity index (χ3n) is 4.90. The Morgan fingerprint density at radius 2 is 1.72 bits per heavy atom. The van der Waals surface area contributed by atoms with Crippen LogP contribution in [0.3, 0.4) is 0 Å². The van der Waals surface area contributed by atoms with Crippen LogP contribution in [0.2, 0.25) is 0 Å². The van der Waals surface area contributed by atoms with Crippen LogP contribution in [0.1, 0.15) is 36.0 Å². The van der Waals surface area contributed by atoms with Crippen molar-refractivity contribution in [2.24, 2.45) is 5.92 Å². The summed E-state index contributed by atoms with van der Waals surface area (Å²) in [4.78, 5) is 24.8. The molecule has 3 nitrogen and oxygen atoms in total. The first-order valence-corrected chi connectivity index (χ1v) is 8.57. The van der Waals surface area contributed by atoms with E-state index in [-0.39, 0.29) is 48.2 Å². The third kappa shape index (κ3) is 3.95. The number of rotatable bonds is 5. The molecule has 0 aliphatic carbocycles. The highest BCUT2D eigenvalue weighted by atomic mass is 19.1. The van der Waals surface area contributed by atoms with E-state index in [2.05, 4.69) is 5.32 Å². The molecule has 3 rings (SSSR count). The van der Waals surface area contributed by atoms with Crippen molar-refractivity contribution in [1.29, 1.82) is 0 Å². The van der Waals surface area contributed by atoms with Crippen molar-refractivity contribution >= 4 is 11.7 Å². The molecule has 1 fully saturated rings. The monoisotopic (exact) mass is 339 g/mol. The Kier molecular flexibility index (Phi) is 4.98. The minimum absolute atomic E-state index is 0.00109. The van der Waals surface area contributed by atoms with Gasteiger partial charge in [0.2, 0.25) is 5.91 Å². The highest BCUT2D eigenvalue weighted by molar-refractivity contribution is 5.90. The van der Waals surface area contributed by atoms with Crippen molar-refractivity contribution in [1.82, 2.24) is 5.32 Å². The molecule has 0 spiro atoms. The Morgan fingerprint density at radius 3 is 2.36 bits per heavy atom. The van der Waals surface area contributed by atoms with Gasteiger partial charge in [0.1, 0.15) is 11.6 Å². The molecule has 1 amide bonds. The van der Waals surface area contributed by atoms with Crippen LogP contribution in [0.4, 0.5) is 4.39 Å². The number of Topliss-reactive ketones (excluding diaryl/α,β-unsaturated/α-hetero) is 1. The first-order chi connectivity index (χ1) is 11.9. The van der Waals surface area contributed by atoms with Crippen molar-refractivity contribution in [3.8, 4) is 0 Å². The number of aryl methyl sites for hydroxylation is 1. The highest BCUT2D eigenvalue weighted by Gasteiger charge is 2.41. The number of amides is 1. The molecule has 0 radical (unpaired) electrons. The zero-order valence-corrected chi connectivity index (χ0v) is 14.5. The van der Waals surface area contributed by atoms with Gasteiger partial charge in [-0.25, -0.2) is 4.39 Å². The largest absolute Gasteiger partial charge is 0.353 e. The second kappa shape index (κ2) is 7.18. The molecule has 4 heteroatoms. The number of nitrogens with one attached hydrogen (secondary N) is 1. The van der Waals surface area contributed by atoms with Gasteiger partial charge in [-0.3, -0.25) is 9.59 Å². The van der Waals surface area contributed by atoms with E-state index in [4.69, 9.17) is 0 Å². The van der Waals surface area contributed by atoms with E-state index in [9.17, 15) is 14.0 Å². The lowest BCUT2D eigenvalue weighted by Crippen LogP contribution is -2.25. The average molecular weight is 339 g/mol. The van der Waals surface area contributed by atoms with Crippen LogP contribution in [0.25, 0.3) is 0 Å². The standard InChI is InChI=1S/C21H22FNO2/c1-13-3-7-16(8-4-13)20-14(2)23-21(25)19(20)12-18(24)11-15-5-9-17(22)10-6-15/h3-10,14,19-20H,11-12H2,1-2H3,(H,23,25)/t14-,19-,20-/m1/s1. The number of carbonyl (C=O) groups excluding carboxylic acids is 2. The summed E-state index contributed by atoms with van der Waals surface area (Å²) in [5, 5.41) is 2.97. The maximum atomic E-state index is 13.0. The fourth-order valence-corrected chi connectivity index (χ4v) is 3.61. The number of hydrogen-bond donors (Lipinski definition) is 1. The molecular formula is C21H22FNO2. The topological polar surface area (TPSA) is 46.2 Å². The van der Waals surface area contributed by atoms with E-state index < -0.39 is 0 Å². The molecule has 0 aromatic heterocycles. The molecule has 1 saturated heterocycles. The molecule has 130 valence electrons. The number of ketones is 1. The number of halogens is 1. The van der Waals surface area contributed by atoms with E-state index in [1.165, 1.54) is 12.1 Å². The summed E-state index contributed by atoms with van der Waals surface area (Å²) in [5.41, 5.74) is 3.01. The maximum Gasteiger partial charge on any atom is 0.224 e. The lowest BCUT2D eigenvalue weighted by molar-refractivity contribution is -0.127. The van der Waals surface area contributed by atoms with Crippen LogP contribution in [-0.2, 0) is 16.0 Å². The number of benzene rings is 2. The molecule has 3 atom stereocenters. The maximum absolute atomic E-state index is 13.0. The summed E-state index contributed by atoms with van der Waals surface area (Å²) in [6.45, 7) is 4.00. The van der Waals surface area contributed by atoms with Gasteiger partial charge in [0, 0.05) is 24.8 Å². The van der Waals surface area contributed by atoms with E-state index in [0.717, 1.165) is 16.7 Å². The van der Waals surface area contributed by atoms with Gasteiger partial charge in [0.25, 0.3) is 0 Å². The van der Waals surface area contributed by atoms with Gasteiger partial charge in [-0.1, -0.05) is 42.0 Å². The lowest BCUT2D eigenvalue weighted by atomic mass is 9.81. The Hall–Kier alpha value is -2.49. The van der Waals surface area contributed by atoms with Crippen LogP contribution in [0.15, 0.2) is 48.5 Å². The molecule has 0 bridgehead atoms. The zero-order chi connectivity index (χ0) is 18.0. The lowest BCUT2D eigenvalue weighted by Gasteiger charge is -2.20. The molecule has 25 heavy (non-hydrogen) atoms. The van der Waals surface area contributed by atoms with E-state index in [1.807, 2.05) is 38.1 Å². The van der Waals surface area contributed by atoms with Gasteiger partial charge < -0.3 is 5.32 Å². The Morgan fingerprint density at radius 1 is 1.08 bits per heavy atom. The minimum atomic E-state index is -0.356. The molecule has 1 N–H and O–H groups in total. The van der Waals surface area contributed by atoms with Gasteiger partial charge in [-0.05, 0) is 37.1 Å². The summed E-state index contributed by atoms with van der Waals surface area (Å²) in [5.74, 6) is -0.751. The van der Waals surface area contributed by atoms with E-state index in [1.54, 1.807) is 12.1 Å². The van der Waals surface area contributed by atoms with Crippen molar-refractivity contribution in [2.45, 2.75) is 38.6 Å². The van der Waals surface area contributed by atoms with Gasteiger partial charge in [-0.15, -0.1) is 0 Å². The molecule has 0 saturated carbocycles. The predicted octanol–water partition coefficient (Wildman–Crippen LogP) is 3.55. The minimum Gasteiger partial charge on any atom is -0.353 e. The van der Waals surface area contributed by atoms with E-state index in [0.29, 0.717) is 0 Å². The second-order valence-electron chi connectivity index (χ2n) is 6.89. The normalized spacial score (nSPS) is 22.7. The fourth-order valence-electron chi connectivity index (χ4n) is 3.61. The van der Waals surface area contributed by atoms with Crippen LogP contribution >= 0.6 is 0 Å². The predicted molar refractivity (Wildman–Crippen MR) is 94.7 cm³/mol.